The zero-order valence-electron chi connectivity index (χ0n) is 10.4. The van der Waals surface area contributed by atoms with Crippen LogP contribution in [-0.4, -0.2) is 11.6 Å². The van der Waals surface area contributed by atoms with E-state index in [2.05, 4.69) is 20.8 Å². The third-order valence-corrected chi connectivity index (χ3v) is 5.88. The van der Waals surface area contributed by atoms with E-state index in [1.807, 2.05) is 0 Å². The molecule has 0 radical (unpaired) electrons. The Balaban J connectivity index is 2.11. The van der Waals surface area contributed by atoms with Gasteiger partial charge in [-0.15, -0.1) is 0 Å². The molecule has 3 fully saturated rings. The van der Waals surface area contributed by atoms with E-state index in [0.29, 0.717) is 30.3 Å². The molecule has 1 spiro atoms. The predicted molar refractivity (Wildman–Crippen MR) is 60.9 cm³/mol. The minimum Gasteiger partial charge on any atom is -0.299 e. The van der Waals surface area contributed by atoms with Crippen molar-refractivity contribution in [1.29, 1.82) is 0 Å². The molecule has 3 atom stereocenters. The smallest absolute Gasteiger partial charge is 0.140 e. The summed E-state index contributed by atoms with van der Waals surface area (Å²) in [4.78, 5) is 24.5. The van der Waals surface area contributed by atoms with E-state index in [9.17, 15) is 9.59 Å². The Morgan fingerprint density at radius 3 is 2.31 bits per heavy atom. The summed E-state index contributed by atoms with van der Waals surface area (Å²) in [5.41, 5.74) is -0.306. The lowest BCUT2D eigenvalue weighted by Gasteiger charge is -2.62. The fourth-order valence-corrected chi connectivity index (χ4v) is 5.09. The zero-order chi connectivity index (χ0) is 11.8. The zero-order valence-corrected chi connectivity index (χ0v) is 10.4. The Kier molecular flexibility index (Phi) is 1.70. The molecule has 0 saturated heterocycles. The van der Waals surface area contributed by atoms with Gasteiger partial charge in [0, 0.05) is 23.7 Å². The highest BCUT2D eigenvalue weighted by molar-refractivity contribution is 6.02. The van der Waals surface area contributed by atoms with Crippen LogP contribution in [0.5, 0.6) is 0 Å². The summed E-state index contributed by atoms with van der Waals surface area (Å²) in [6.45, 7) is 6.56. The molecule has 0 heterocycles. The highest BCUT2D eigenvalue weighted by atomic mass is 16.1. The predicted octanol–water partition coefficient (Wildman–Crippen LogP) is 2.75. The summed E-state index contributed by atoms with van der Waals surface area (Å²) in [6.07, 6.45) is 3.93. The molecule has 0 aliphatic heterocycles. The summed E-state index contributed by atoms with van der Waals surface area (Å²) in [6, 6.07) is 0. The van der Waals surface area contributed by atoms with E-state index in [1.165, 1.54) is 0 Å². The third kappa shape index (κ3) is 0.834. The lowest BCUT2D eigenvalue weighted by Crippen LogP contribution is -2.64. The Labute approximate surface area is 96.8 Å². The topological polar surface area (TPSA) is 34.1 Å². The molecular formula is C14H20O2. The van der Waals surface area contributed by atoms with Crippen LogP contribution in [0.2, 0.25) is 0 Å². The van der Waals surface area contributed by atoms with Gasteiger partial charge in [-0.25, -0.2) is 0 Å². The quantitative estimate of drug-likeness (QED) is 0.629. The maximum atomic E-state index is 12.3. The first-order valence-electron chi connectivity index (χ1n) is 6.41. The van der Waals surface area contributed by atoms with Gasteiger partial charge in [-0.2, -0.15) is 0 Å². The average Bonchev–Trinajstić information content (AvgIpc) is 2.45. The first-order chi connectivity index (χ1) is 7.34. The fourth-order valence-electron chi connectivity index (χ4n) is 5.09. The van der Waals surface area contributed by atoms with Gasteiger partial charge in [-0.3, -0.25) is 9.59 Å². The number of carbonyl (C=O) groups excluding carboxylic acids is 2. The van der Waals surface area contributed by atoms with Gasteiger partial charge in [0.1, 0.15) is 11.6 Å². The van der Waals surface area contributed by atoms with Crippen LogP contribution in [0.3, 0.4) is 0 Å². The number of ketones is 2. The van der Waals surface area contributed by atoms with Gasteiger partial charge in [-0.1, -0.05) is 20.8 Å². The van der Waals surface area contributed by atoms with Crippen molar-refractivity contribution in [2.45, 2.75) is 52.9 Å². The van der Waals surface area contributed by atoms with Gasteiger partial charge in [0.2, 0.25) is 0 Å². The molecule has 0 aromatic heterocycles. The molecule has 2 nitrogen and oxygen atoms in total. The van der Waals surface area contributed by atoms with E-state index >= 15 is 0 Å². The van der Waals surface area contributed by atoms with Crippen molar-refractivity contribution in [1.82, 2.24) is 0 Å². The molecule has 0 aromatic rings. The van der Waals surface area contributed by atoms with Gasteiger partial charge in [0.15, 0.2) is 0 Å². The lowest BCUT2D eigenvalue weighted by molar-refractivity contribution is -0.183. The second-order valence-electron chi connectivity index (χ2n) is 6.91. The van der Waals surface area contributed by atoms with E-state index < -0.39 is 0 Å². The molecule has 2 heteroatoms. The summed E-state index contributed by atoms with van der Waals surface area (Å²) in [5.74, 6) is 1.20. The highest BCUT2D eigenvalue weighted by Crippen LogP contribution is 2.75. The van der Waals surface area contributed by atoms with Crippen molar-refractivity contribution >= 4 is 11.6 Å². The van der Waals surface area contributed by atoms with Crippen molar-refractivity contribution in [2.24, 2.45) is 22.2 Å². The first-order valence-corrected chi connectivity index (χ1v) is 6.41. The Morgan fingerprint density at radius 1 is 1.06 bits per heavy atom. The van der Waals surface area contributed by atoms with Crippen LogP contribution in [0.25, 0.3) is 0 Å². The molecule has 3 aliphatic rings. The maximum absolute atomic E-state index is 12.3. The van der Waals surface area contributed by atoms with E-state index in [-0.39, 0.29) is 16.2 Å². The number of carbonyl (C=O) groups is 2. The van der Waals surface area contributed by atoms with Gasteiger partial charge in [0.05, 0.1) is 0 Å². The van der Waals surface area contributed by atoms with Crippen LogP contribution in [0, 0.1) is 22.2 Å². The van der Waals surface area contributed by atoms with Crippen molar-refractivity contribution in [3.8, 4) is 0 Å². The van der Waals surface area contributed by atoms with Crippen molar-refractivity contribution in [3.63, 3.8) is 0 Å². The molecule has 0 amide bonds. The summed E-state index contributed by atoms with van der Waals surface area (Å²) >= 11 is 0. The molecule has 0 N–H and O–H groups in total. The third-order valence-electron chi connectivity index (χ3n) is 5.88. The van der Waals surface area contributed by atoms with E-state index in [0.717, 1.165) is 19.3 Å². The Bertz CT molecular complexity index is 396. The van der Waals surface area contributed by atoms with Gasteiger partial charge in [0.25, 0.3) is 0 Å². The average molecular weight is 220 g/mol. The van der Waals surface area contributed by atoms with E-state index in [4.69, 9.17) is 0 Å². The number of Topliss-reactive ketones (excluding diaryl/α,β-unsaturated/α-hetero) is 2. The summed E-state index contributed by atoms with van der Waals surface area (Å²) in [5, 5.41) is 0. The molecule has 3 aliphatic carbocycles. The van der Waals surface area contributed by atoms with Crippen molar-refractivity contribution in [2.75, 3.05) is 0 Å². The van der Waals surface area contributed by atoms with Crippen molar-refractivity contribution in [3.05, 3.63) is 0 Å². The second kappa shape index (κ2) is 2.60. The monoisotopic (exact) mass is 220 g/mol. The van der Waals surface area contributed by atoms with Gasteiger partial charge >= 0.3 is 0 Å². The highest BCUT2D eigenvalue weighted by Gasteiger charge is 2.75. The fraction of sp³-hybridized carbons (Fsp3) is 0.857. The molecule has 3 rings (SSSR count). The van der Waals surface area contributed by atoms with Crippen molar-refractivity contribution < 1.29 is 9.59 Å². The molecule has 88 valence electrons. The summed E-state index contributed by atoms with van der Waals surface area (Å²) in [7, 11) is 0. The number of rotatable bonds is 0. The molecular weight excluding hydrogens is 200 g/mol. The van der Waals surface area contributed by atoms with Crippen LogP contribution in [0.1, 0.15) is 52.9 Å². The molecule has 1 unspecified atom stereocenters. The molecule has 3 saturated carbocycles. The van der Waals surface area contributed by atoms with Gasteiger partial charge in [-0.05, 0) is 30.6 Å². The molecule has 0 bridgehead atoms. The van der Waals surface area contributed by atoms with Crippen LogP contribution < -0.4 is 0 Å². The first kappa shape index (κ1) is 10.5. The Hall–Kier alpha value is -0.660. The minimum atomic E-state index is -0.317. The molecule has 0 aromatic carbocycles. The largest absolute Gasteiger partial charge is 0.299 e. The van der Waals surface area contributed by atoms with Crippen LogP contribution in [0.15, 0.2) is 0 Å². The standard InChI is InChI=1S/C14H20O2/c1-12(2)8-14-9(12)6-7-13(14,3)10(15)4-5-11(14)16/h9H,4-8H2,1-3H3/t9?,13-,14+/m1/s1. The van der Waals surface area contributed by atoms with Gasteiger partial charge < -0.3 is 0 Å². The lowest BCUT2D eigenvalue weighted by atomic mass is 9.39. The van der Waals surface area contributed by atoms with Crippen LogP contribution in [0.4, 0.5) is 0 Å². The maximum Gasteiger partial charge on any atom is 0.140 e. The second-order valence-corrected chi connectivity index (χ2v) is 6.91. The van der Waals surface area contributed by atoms with E-state index in [1.54, 1.807) is 0 Å². The molecule has 16 heavy (non-hydrogen) atoms. The normalized spacial score (nSPS) is 49.6. The number of hydrogen-bond acceptors (Lipinski definition) is 2. The number of hydrogen-bond donors (Lipinski definition) is 0. The Morgan fingerprint density at radius 2 is 1.69 bits per heavy atom. The summed E-state index contributed by atoms with van der Waals surface area (Å²) < 4.78 is 0. The minimum absolute atomic E-state index is 0.258. The van der Waals surface area contributed by atoms with Crippen LogP contribution in [-0.2, 0) is 9.59 Å². The van der Waals surface area contributed by atoms with Crippen LogP contribution >= 0.6 is 0 Å². The SMILES string of the molecule is CC1(C)C[C@]23C(=O)CCC(=O)[C@@]2(C)CCC13.